The molecule has 0 saturated heterocycles. The van der Waals surface area contributed by atoms with Crippen LogP contribution in [-0.4, -0.2) is 54.0 Å². The molecule has 0 unspecified atom stereocenters. The number of ether oxygens (including phenoxy) is 2. The molecule has 2 aliphatic rings. The lowest BCUT2D eigenvalue weighted by Gasteiger charge is -2.20. The first-order valence-corrected chi connectivity index (χ1v) is 12.5. The first-order chi connectivity index (χ1) is 16.1. The normalized spacial score (nSPS) is 16.8. The van der Waals surface area contributed by atoms with Gasteiger partial charge in [-0.1, -0.05) is 17.7 Å². The average molecular weight is 519 g/mol. The maximum atomic E-state index is 12.5. The summed E-state index contributed by atoms with van der Waals surface area (Å²) in [5, 5.41) is 13.2. The number of nitrogens with zero attached hydrogens (tertiary/aromatic N) is 3. The molecule has 34 heavy (non-hydrogen) atoms. The molecule has 0 radical (unpaired) electrons. The number of amidine groups is 2. The monoisotopic (exact) mass is 518 g/mol. The number of rotatable bonds is 4. The molecule has 13 heteroatoms. The van der Waals surface area contributed by atoms with Gasteiger partial charge >= 0.3 is 5.97 Å². The maximum absolute atomic E-state index is 12.5. The van der Waals surface area contributed by atoms with E-state index in [1.54, 1.807) is 30.3 Å². The fourth-order valence-corrected chi connectivity index (χ4v) is 4.78. The number of aliphatic imine (C=N–C) groups is 1. The number of carbonyl (C=O) groups excluding carboxylic acids is 2. The van der Waals surface area contributed by atoms with Gasteiger partial charge in [-0.25, -0.2) is 13.2 Å². The van der Waals surface area contributed by atoms with E-state index >= 15 is 0 Å². The van der Waals surface area contributed by atoms with Crippen molar-refractivity contribution in [2.75, 3.05) is 13.4 Å². The summed E-state index contributed by atoms with van der Waals surface area (Å²) < 4.78 is 33.6. The summed E-state index contributed by atoms with van der Waals surface area (Å²) in [6, 6.07) is 10.8. The Kier molecular flexibility index (Phi) is 6.30. The molecule has 0 aromatic heterocycles. The number of carbonyl (C=O) groups is 2. The highest BCUT2D eigenvalue weighted by molar-refractivity contribution is 8.42. The van der Waals surface area contributed by atoms with Crippen LogP contribution in [0, 0.1) is 5.41 Å². The van der Waals surface area contributed by atoms with Gasteiger partial charge in [0.05, 0.1) is 23.3 Å². The molecule has 2 heterocycles. The number of hydrazone groups is 1. The number of hydrogen-bond donors (Lipinski definition) is 1. The zero-order chi connectivity index (χ0) is 24.6. The minimum Gasteiger partial charge on any atom is -0.497 e. The largest absolute Gasteiger partial charge is 0.497 e. The van der Waals surface area contributed by atoms with E-state index in [9.17, 15) is 18.0 Å². The van der Waals surface area contributed by atoms with E-state index in [4.69, 9.17) is 26.5 Å². The number of halogens is 1. The van der Waals surface area contributed by atoms with Crippen LogP contribution in [0.2, 0.25) is 5.02 Å². The summed E-state index contributed by atoms with van der Waals surface area (Å²) in [5.41, 5.74) is 0.623. The molecule has 0 saturated carbocycles. The average Bonchev–Trinajstić information content (AvgIpc) is 3.23. The fraction of sp³-hybridized carbons (Fsp3) is 0.0952. The number of esters is 1. The number of amides is 1. The molecule has 2 aliphatic heterocycles. The van der Waals surface area contributed by atoms with Crippen molar-refractivity contribution in [2.24, 2.45) is 10.1 Å². The summed E-state index contributed by atoms with van der Waals surface area (Å²) in [6.45, 7) is 0. The van der Waals surface area contributed by atoms with Gasteiger partial charge in [0, 0.05) is 6.26 Å². The maximum Gasteiger partial charge on any atom is 0.343 e. The summed E-state index contributed by atoms with van der Waals surface area (Å²) in [4.78, 5) is 28.7. The number of fused-ring (bicyclic) bond motifs is 1. The lowest BCUT2D eigenvalue weighted by Crippen LogP contribution is -2.35. The highest BCUT2D eigenvalue weighted by atomic mass is 35.5. The molecule has 2 aromatic rings. The molecule has 0 aliphatic carbocycles. The van der Waals surface area contributed by atoms with Crippen LogP contribution in [0.15, 0.2) is 58.1 Å². The SMILES string of the molecule is COc1ccc(C(=O)Oc2ccc(C=C3C(=N)N4N=C(S(C)(=O)=O)SC4=NC3=O)cc2Cl)cc1. The van der Waals surface area contributed by atoms with E-state index in [0.29, 0.717) is 28.6 Å². The van der Waals surface area contributed by atoms with Crippen molar-refractivity contribution in [1.29, 1.82) is 5.41 Å². The van der Waals surface area contributed by atoms with Crippen LogP contribution >= 0.6 is 23.4 Å². The van der Waals surface area contributed by atoms with Crippen molar-refractivity contribution in [3.63, 3.8) is 0 Å². The Bertz CT molecular complexity index is 1430. The van der Waals surface area contributed by atoms with E-state index < -0.39 is 21.7 Å². The van der Waals surface area contributed by atoms with E-state index in [0.717, 1.165) is 11.3 Å². The third-order valence-electron chi connectivity index (χ3n) is 4.55. The Morgan fingerprint density at radius 1 is 1.21 bits per heavy atom. The molecular weight excluding hydrogens is 504 g/mol. The first-order valence-electron chi connectivity index (χ1n) is 9.43. The van der Waals surface area contributed by atoms with Gasteiger partial charge < -0.3 is 9.47 Å². The second kappa shape index (κ2) is 9.05. The van der Waals surface area contributed by atoms with E-state index in [-0.39, 0.29) is 31.7 Å². The number of hydrogen-bond acceptors (Lipinski definition) is 9. The highest BCUT2D eigenvalue weighted by Gasteiger charge is 2.38. The van der Waals surface area contributed by atoms with E-state index in [2.05, 4.69) is 10.1 Å². The second-order valence-corrected chi connectivity index (χ2v) is 10.5. The second-order valence-electron chi connectivity index (χ2n) is 6.97. The molecule has 10 nitrogen and oxygen atoms in total. The van der Waals surface area contributed by atoms with Crippen LogP contribution in [0.1, 0.15) is 15.9 Å². The highest BCUT2D eigenvalue weighted by Crippen LogP contribution is 2.31. The van der Waals surface area contributed by atoms with Gasteiger partial charge in [0.25, 0.3) is 5.91 Å². The quantitative estimate of drug-likeness (QED) is 0.370. The molecule has 174 valence electrons. The van der Waals surface area contributed by atoms with E-state index in [1.807, 2.05) is 0 Å². The Balaban J connectivity index is 1.55. The molecule has 4 rings (SSSR count). The van der Waals surface area contributed by atoms with Gasteiger partial charge in [0.1, 0.15) is 11.5 Å². The first kappa shape index (κ1) is 23.7. The topological polar surface area (TPSA) is 139 Å². The van der Waals surface area contributed by atoms with Gasteiger partial charge in [0.2, 0.25) is 19.4 Å². The number of benzene rings is 2. The molecule has 0 fully saturated rings. The minimum atomic E-state index is -3.62. The zero-order valence-electron chi connectivity index (χ0n) is 17.6. The van der Waals surface area contributed by atoms with Crippen LogP contribution in [0.4, 0.5) is 0 Å². The third-order valence-corrected chi connectivity index (χ3v) is 7.42. The van der Waals surface area contributed by atoms with Crippen molar-refractivity contribution < 1.29 is 27.5 Å². The Labute approximate surface area is 203 Å². The van der Waals surface area contributed by atoms with Gasteiger partial charge in [-0.2, -0.15) is 10.0 Å². The summed E-state index contributed by atoms with van der Waals surface area (Å²) in [5.74, 6) is -0.967. The molecule has 1 amide bonds. The van der Waals surface area contributed by atoms with E-state index in [1.165, 1.54) is 25.3 Å². The lowest BCUT2D eigenvalue weighted by atomic mass is 10.1. The Morgan fingerprint density at radius 2 is 1.91 bits per heavy atom. The van der Waals surface area contributed by atoms with Gasteiger partial charge in [-0.05, 0) is 59.8 Å². The van der Waals surface area contributed by atoms with Crippen molar-refractivity contribution in [1.82, 2.24) is 5.01 Å². The Morgan fingerprint density at radius 3 is 2.53 bits per heavy atom. The number of nitrogens with one attached hydrogen (secondary N) is 1. The predicted octanol–water partition coefficient (Wildman–Crippen LogP) is 3.19. The summed E-state index contributed by atoms with van der Waals surface area (Å²) >= 11 is 6.96. The van der Waals surface area contributed by atoms with Crippen LogP contribution < -0.4 is 9.47 Å². The van der Waals surface area contributed by atoms with Gasteiger partial charge in [-0.3, -0.25) is 10.2 Å². The summed E-state index contributed by atoms with van der Waals surface area (Å²) in [6.07, 6.45) is 2.34. The molecule has 0 bridgehead atoms. The zero-order valence-corrected chi connectivity index (χ0v) is 20.0. The van der Waals surface area contributed by atoms with Crippen molar-refractivity contribution in [3.05, 3.63) is 64.2 Å². The van der Waals surface area contributed by atoms with Crippen molar-refractivity contribution in [2.45, 2.75) is 0 Å². The van der Waals surface area contributed by atoms with Crippen LogP contribution in [0.25, 0.3) is 6.08 Å². The predicted molar refractivity (Wildman–Crippen MR) is 129 cm³/mol. The molecule has 2 aromatic carbocycles. The van der Waals surface area contributed by atoms with Crippen LogP contribution in [0.3, 0.4) is 0 Å². The number of thioether (sulfide) groups is 1. The fourth-order valence-electron chi connectivity index (χ4n) is 2.87. The van der Waals surface area contributed by atoms with Crippen LogP contribution in [-0.2, 0) is 14.6 Å². The summed E-state index contributed by atoms with van der Waals surface area (Å²) in [7, 11) is -2.11. The molecular formula is C21H15ClN4O6S2. The van der Waals surface area contributed by atoms with Crippen LogP contribution in [0.5, 0.6) is 11.5 Å². The van der Waals surface area contributed by atoms with Gasteiger partial charge in [0.15, 0.2) is 5.84 Å². The molecule has 0 atom stereocenters. The smallest absolute Gasteiger partial charge is 0.343 e. The molecule has 0 spiro atoms. The van der Waals surface area contributed by atoms with Crippen molar-refractivity contribution >= 4 is 66.5 Å². The molecule has 1 N–H and O–H groups in total. The Hall–Kier alpha value is -3.48. The van der Waals surface area contributed by atoms with Gasteiger partial charge in [-0.15, -0.1) is 5.10 Å². The van der Waals surface area contributed by atoms with Crippen molar-refractivity contribution in [3.8, 4) is 11.5 Å². The number of sulfone groups is 1. The third kappa shape index (κ3) is 4.74. The lowest BCUT2D eigenvalue weighted by molar-refractivity contribution is -0.114. The number of methoxy groups -OCH3 is 1. The minimum absolute atomic E-state index is 0.00796. The standard InChI is InChI=1S/C21H15ClN4O6S2/c1-31-13-6-4-12(5-7-13)19(28)32-16-8-3-11(10-15(16)22)9-14-17(23)26-20(24-18(14)27)33-21(25-26)34(2,29)30/h3-10,23H,1-2H3.